The van der Waals surface area contributed by atoms with Crippen LogP contribution in [0.2, 0.25) is 0 Å². The number of hydrogen-bond donors (Lipinski definition) is 1. The van der Waals surface area contributed by atoms with Gasteiger partial charge in [0, 0.05) is 41.7 Å². The van der Waals surface area contributed by atoms with Crippen LogP contribution in [0.15, 0.2) is 81.3 Å². The van der Waals surface area contributed by atoms with Crippen LogP contribution in [-0.2, 0) is 7.05 Å². The lowest BCUT2D eigenvalue weighted by Crippen LogP contribution is -2.18. The van der Waals surface area contributed by atoms with Crippen LogP contribution in [0.1, 0.15) is 29.0 Å². The van der Waals surface area contributed by atoms with E-state index < -0.39 is 0 Å². The minimum Gasteiger partial charge on any atom is -0.411 e. The maximum absolute atomic E-state index is 13.4. The lowest BCUT2D eigenvalue weighted by Gasteiger charge is -2.19. The van der Waals surface area contributed by atoms with Crippen molar-refractivity contribution in [1.82, 2.24) is 4.57 Å². The van der Waals surface area contributed by atoms with Gasteiger partial charge in [-0.1, -0.05) is 45.4 Å². The average Bonchev–Trinajstić information content (AvgIpc) is 2.67. The zero-order valence-electron chi connectivity index (χ0n) is 14.6. The maximum Gasteiger partial charge on any atom is 0.250 e. The molecule has 0 saturated carbocycles. The van der Waals surface area contributed by atoms with E-state index in [-0.39, 0.29) is 17.3 Å². The standard InChI is InChI=1S/C21H18BrFN2O2/c1-25-13-16(6-11-21(25)26)20(24-27)12-19(14-2-7-17(22)8-3-14)15-4-9-18(23)10-5-15/h2-11,13,19,27H,12H2,1H3/b24-20-. The first-order valence-electron chi connectivity index (χ1n) is 8.37. The molecule has 0 aliphatic heterocycles. The molecule has 0 saturated heterocycles. The molecule has 0 fully saturated rings. The summed E-state index contributed by atoms with van der Waals surface area (Å²) in [7, 11) is 1.65. The third-order valence-electron chi connectivity index (χ3n) is 4.48. The number of rotatable bonds is 5. The van der Waals surface area contributed by atoms with E-state index in [9.17, 15) is 14.4 Å². The average molecular weight is 429 g/mol. The fraction of sp³-hybridized carbons (Fsp3) is 0.143. The van der Waals surface area contributed by atoms with Gasteiger partial charge in [0.2, 0.25) is 5.56 Å². The Morgan fingerprint density at radius 2 is 1.67 bits per heavy atom. The van der Waals surface area contributed by atoms with Crippen LogP contribution in [0.3, 0.4) is 0 Å². The molecule has 3 aromatic rings. The summed E-state index contributed by atoms with van der Waals surface area (Å²) in [5.74, 6) is -0.441. The van der Waals surface area contributed by atoms with E-state index in [1.165, 1.54) is 22.8 Å². The molecule has 6 heteroatoms. The van der Waals surface area contributed by atoms with Gasteiger partial charge in [-0.25, -0.2) is 4.39 Å². The smallest absolute Gasteiger partial charge is 0.250 e. The molecule has 1 N–H and O–H groups in total. The minimum absolute atomic E-state index is 0.137. The molecule has 0 spiro atoms. The molecule has 1 atom stereocenters. The number of pyridine rings is 1. The van der Waals surface area contributed by atoms with Gasteiger partial charge in [0.05, 0.1) is 5.71 Å². The predicted octanol–water partition coefficient (Wildman–Crippen LogP) is 4.69. The lowest BCUT2D eigenvalue weighted by atomic mass is 9.85. The van der Waals surface area contributed by atoms with E-state index in [0.717, 1.165) is 15.6 Å². The fourth-order valence-electron chi connectivity index (χ4n) is 2.99. The van der Waals surface area contributed by atoms with E-state index in [1.807, 2.05) is 24.3 Å². The van der Waals surface area contributed by atoms with Gasteiger partial charge in [-0.3, -0.25) is 4.79 Å². The van der Waals surface area contributed by atoms with Crippen molar-refractivity contribution in [2.75, 3.05) is 0 Å². The molecule has 1 unspecified atom stereocenters. The van der Waals surface area contributed by atoms with Crippen LogP contribution in [0.5, 0.6) is 0 Å². The largest absolute Gasteiger partial charge is 0.411 e. The lowest BCUT2D eigenvalue weighted by molar-refractivity contribution is 0.317. The third-order valence-corrected chi connectivity index (χ3v) is 5.01. The Morgan fingerprint density at radius 1 is 1.07 bits per heavy atom. The SMILES string of the molecule is Cn1cc(/C(CC(c2ccc(F)cc2)c2ccc(Br)cc2)=N\O)ccc1=O. The van der Waals surface area contributed by atoms with Crippen LogP contribution < -0.4 is 5.56 Å². The third kappa shape index (κ3) is 4.52. The van der Waals surface area contributed by atoms with Gasteiger partial charge >= 0.3 is 0 Å². The molecule has 3 rings (SSSR count). The predicted molar refractivity (Wildman–Crippen MR) is 107 cm³/mol. The Labute approximate surface area is 164 Å². The Hall–Kier alpha value is -2.73. The summed E-state index contributed by atoms with van der Waals surface area (Å²) in [5, 5.41) is 13.1. The van der Waals surface area contributed by atoms with E-state index >= 15 is 0 Å². The second kappa shape index (κ2) is 8.31. The molecule has 0 aliphatic rings. The van der Waals surface area contributed by atoms with Crippen molar-refractivity contribution in [3.05, 3.63) is 104 Å². The van der Waals surface area contributed by atoms with Crippen LogP contribution in [0.25, 0.3) is 0 Å². The molecular weight excluding hydrogens is 411 g/mol. The summed E-state index contributed by atoms with van der Waals surface area (Å²) in [6.45, 7) is 0. The summed E-state index contributed by atoms with van der Waals surface area (Å²) in [6.07, 6.45) is 2.03. The van der Waals surface area contributed by atoms with Crippen molar-refractivity contribution < 1.29 is 9.60 Å². The molecule has 1 heterocycles. The van der Waals surface area contributed by atoms with E-state index in [4.69, 9.17) is 0 Å². The number of hydrogen-bond acceptors (Lipinski definition) is 3. The van der Waals surface area contributed by atoms with Crippen LogP contribution in [-0.4, -0.2) is 15.5 Å². The van der Waals surface area contributed by atoms with E-state index in [1.54, 1.807) is 31.4 Å². The first kappa shape index (κ1) is 19.0. The summed E-state index contributed by atoms with van der Waals surface area (Å²) in [5.41, 5.74) is 2.88. The molecule has 0 bridgehead atoms. The summed E-state index contributed by atoms with van der Waals surface area (Å²) in [6, 6.07) is 17.2. The van der Waals surface area contributed by atoms with Gasteiger partial charge in [-0.05, 0) is 41.5 Å². The molecule has 2 aromatic carbocycles. The van der Waals surface area contributed by atoms with Crippen molar-refractivity contribution in [3.63, 3.8) is 0 Å². The number of aromatic nitrogens is 1. The summed E-state index contributed by atoms with van der Waals surface area (Å²) in [4.78, 5) is 11.6. The number of halogens is 2. The molecule has 1 aromatic heterocycles. The van der Waals surface area contributed by atoms with Gasteiger partial charge in [-0.15, -0.1) is 0 Å². The van der Waals surface area contributed by atoms with E-state index in [2.05, 4.69) is 21.1 Å². The van der Waals surface area contributed by atoms with Gasteiger partial charge < -0.3 is 9.77 Å². The first-order valence-corrected chi connectivity index (χ1v) is 9.16. The van der Waals surface area contributed by atoms with Crippen molar-refractivity contribution in [2.45, 2.75) is 12.3 Å². The highest BCUT2D eigenvalue weighted by Gasteiger charge is 2.19. The Morgan fingerprint density at radius 3 is 2.22 bits per heavy atom. The maximum atomic E-state index is 13.4. The monoisotopic (exact) mass is 428 g/mol. The summed E-state index contributed by atoms with van der Waals surface area (Å²) < 4.78 is 15.8. The topological polar surface area (TPSA) is 54.6 Å². The normalized spacial score (nSPS) is 12.8. The molecule has 138 valence electrons. The molecule has 0 amide bonds. The van der Waals surface area contributed by atoms with Gasteiger partial charge in [0.1, 0.15) is 5.82 Å². The van der Waals surface area contributed by atoms with Crippen molar-refractivity contribution in [1.29, 1.82) is 0 Å². The van der Waals surface area contributed by atoms with Crippen LogP contribution >= 0.6 is 15.9 Å². The van der Waals surface area contributed by atoms with Gasteiger partial charge in [-0.2, -0.15) is 0 Å². The summed E-state index contributed by atoms with van der Waals surface area (Å²) >= 11 is 3.43. The minimum atomic E-state index is -0.303. The highest BCUT2D eigenvalue weighted by molar-refractivity contribution is 9.10. The first-order chi connectivity index (χ1) is 13.0. The second-order valence-electron chi connectivity index (χ2n) is 6.27. The molecule has 0 radical (unpaired) electrons. The van der Waals surface area contributed by atoms with Crippen LogP contribution in [0.4, 0.5) is 4.39 Å². The highest BCUT2D eigenvalue weighted by atomic mass is 79.9. The van der Waals surface area contributed by atoms with Crippen molar-refractivity contribution in [3.8, 4) is 0 Å². The van der Waals surface area contributed by atoms with Crippen molar-refractivity contribution >= 4 is 21.6 Å². The molecule has 27 heavy (non-hydrogen) atoms. The van der Waals surface area contributed by atoms with Crippen LogP contribution in [0, 0.1) is 5.82 Å². The highest BCUT2D eigenvalue weighted by Crippen LogP contribution is 2.30. The number of nitrogens with zero attached hydrogens (tertiary/aromatic N) is 2. The quantitative estimate of drug-likeness (QED) is 0.364. The fourth-order valence-corrected chi connectivity index (χ4v) is 3.26. The van der Waals surface area contributed by atoms with Gasteiger partial charge in [0.25, 0.3) is 0 Å². The number of benzene rings is 2. The number of oxime groups is 1. The Kier molecular flexibility index (Phi) is 5.86. The van der Waals surface area contributed by atoms with Gasteiger partial charge in [0.15, 0.2) is 0 Å². The second-order valence-corrected chi connectivity index (χ2v) is 7.19. The van der Waals surface area contributed by atoms with E-state index in [0.29, 0.717) is 17.7 Å². The molecular formula is C21H18BrFN2O2. The Bertz CT molecular complexity index is 966. The Balaban J connectivity index is 2.01. The zero-order chi connectivity index (χ0) is 19.4. The van der Waals surface area contributed by atoms with Crippen molar-refractivity contribution in [2.24, 2.45) is 12.2 Å². The molecule has 0 aliphatic carbocycles. The molecule has 4 nitrogen and oxygen atoms in total. The number of aryl methyl sites for hydroxylation is 1. The zero-order valence-corrected chi connectivity index (χ0v) is 16.2.